The van der Waals surface area contributed by atoms with Crippen molar-refractivity contribution in [2.24, 2.45) is 4.99 Å². The van der Waals surface area contributed by atoms with Crippen LogP contribution in [0.2, 0.25) is 0 Å². The van der Waals surface area contributed by atoms with E-state index in [1.54, 1.807) is 6.21 Å². The van der Waals surface area contributed by atoms with Crippen molar-refractivity contribution in [1.82, 2.24) is 9.80 Å². The van der Waals surface area contributed by atoms with Crippen LogP contribution in [0.3, 0.4) is 0 Å². The molecule has 1 saturated heterocycles. The minimum Gasteiger partial charge on any atom is -0.358 e. The summed E-state index contributed by atoms with van der Waals surface area (Å²) in [6, 6.07) is 0. The van der Waals surface area contributed by atoms with E-state index in [1.165, 1.54) is 0 Å². The molecule has 3 aliphatic heterocycles. The van der Waals surface area contributed by atoms with Crippen molar-refractivity contribution in [3.63, 3.8) is 0 Å². The standard InChI is InChI=1S/C16H23ClN4O3/c1-2-9-24-15-6-4-13(21(22)23)16-19(7-8-20(15)16)11-12-3-5-14(17)18-10-12/h3,10,14-15H,2,4-9,11H2,1H3. The summed E-state index contributed by atoms with van der Waals surface area (Å²) in [7, 11) is 0. The van der Waals surface area contributed by atoms with E-state index in [9.17, 15) is 10.1 Å². The molecule has 0 aromatic carbocycles. The van der Waals surface area contributed by atoms with Crippen LogP contribution < -0.4 is 0 Å². The van der Waals surface area contributed by atoms with Crippen LogP contribution in [-0.2, 0) is 4.74 Å². The number of aliphatic imine (C=N–C) groups is 1. The second-order valence-electron chi connectivity index (χ2n) is 6.23. The monoisotopic (exact) mass is 354 g/mol. The highest BCUT2D eigenvalue weighted by molar-refractivity contribution is 6.21. The molecule has 24 heavy (non-hydrogen) atoms. The number of alkyl halides is 1. The molecule has 2 atom stereocenters. The number of dihydropyridines is 1. The lowest BCUT2D eigenvalue weighted by Crippen LogP contribution is -2.41. The van der Waals surface area contributed by atoms with Crippen LogP contribution in [0.1, 0.15) is 32.6 Å². The van der Waals surface area contributed by atoms with Crippen LogP contribution in [0.5, 0.6) is 0 Å². The molecule has 0 amide bonds. The van der Waals surface area contributed by atoms with Gasteiger partial charge in [0.2, 0.25) is 0 Å². The molecule has 0 aromatic heterocycles. The molecule has 7 nitrogen and oxygen atoms in total. The molecule has 0 saturated carbocycles. The number of fused-ring (bicyclic) bond motifs is 1. The lowest BCUT2D eigenvalue weighted by Gasteiger charge is -2.34. The van der Waals surface area contributed by atoms with Crippen molar-refractivity contribution in [3.05, 3.63) is 33.3 Å². The summed E-state index contributed by atoms with van der Waals surface area (Å²) in [6.45, 7) is 4.88. The van der Waals surface area contributed by atoms with Gasteiger partial charge < -0.3 is 14.5 Å². The third kappa shape index (κ3) is 3.57. The van der Waals surface area contributed by atoms with Gasteiger partial charge in [-0.05, 0) is 12.0 Å². The molecule has 1 fully saturated rings. The van der Waals surface area contributed by atoms with Crippen LogP contribution in [0.15, 0.2) is 28.2 Å². The Morgan fingerprint density at radius 3 is 3.00 bits per heavy atom. The van der Waals surface area contributed by atoms with E-state index in [1.807, 2.05) is 0 Å². The largest absolute Gasteiger partial charge is 0.358 e. The van der Waals surface area contributed by atoms with E-state index in [4.69, 9.17) is 16.3 Å². The van der Waals surface area contributed by atoms with Crippen molar-refractivity contribution in [3.8, 4) is 0 Å². The Balaban J connectivity index is 1.79. The molecule has 0 N–H and O–H groups in total. The first-order chi connectivity index (χ1) is 11.6. The molecule has 132 valence electrons. The summed E-state index contributed by atoms with van der Waals surface area (Å²) < 4.78 is 5.91. The maximum absolute atomic E-state index is 11.5. The highest BCUT2D eigenvalue weighted by atomic mass is 35.5. The van der Waals surface area contributed by atoms with Gasteiger partial charge >= 0.3 is 0 Å². The summed E-state index contributed by atoms with van der Waals surface area (Å²) in [4.78, 5) is 19.6. The van der Waals surface area contributed by atoms with Crippen LogP contribution in [-0.4, -0.2) is 58.9 Å². The molecule has 0 aliphatic carbocycles. The third-order valence-electron chi connectivity index (χ3n) is 4.50. The van der Waals surface area contributed by atoms with E-state index in [0.717, 1.165) is 30.9 Å². The highest BCUT2D eigenvalue weighted by Crippen LogP contribution is 2.34. The first-order valence-corrected chi connectivity index (χ1v) is 8.90. The van der Waals surface area contributed by atoms with Crippen LogP contribution >= 0.6 is 11.6 Å². The van der Waals surface area contributed by atoms with E-state index in [2.05, 4.69) is 27.8 Å². The first-order valence-electron chi connectivity index (χ1n) is 8.47. The first kappa shape index (κ1) is 17.2. The van der Waals surface area contributed by atoms with Gasteiger partial charge in [0.25, 0.3) is 5.70 Å². The second kappa shape index (κ2) is 7.53. The van der Waals surface area contributed by atoms with Crippen LogP contribution in [0, 0.1) is 10.1 Å². The molecule has 3 aliphatic rings. The number of nitrogens with zero attached hydrogens (tertiary/aromatic N) is 4. The zero-order chi connectivity index (χ0) is 17.1. The van der Waals surface area contributed by atoms with Gasteiger partial charge in [-0.25, -0.2) is 0 Å². The van der Waals surface area contributed by atoms with Crippen molar-refractivity contribution < 1.29 is 9.66 Å². The molecule has 3 heterocycles. The normalized spacial score (nSPS) is 26.7. The number of hydrogen-bond acceptors (Lipinski definition) is 6. The molecular weight excluding hydrogens is 332 g/mol. The molecule has 2 unspecified atom stereocenters. The van der Waals surface area contributed by atoms with Crippen molar-refractivity contribution in [2.75, 3.05) is 26.2 Å². The summed E-state index contributed by atoms with van der Waals surface area (Å²) in [5.74, 6) is 0.717. The molecule has 8 heteroatoms. The van der Waals surface area contributed by atoms with Gasteiger partial charge in [0.15, 0.2) is 5.82 Å². The highest BCUT2D eigenvalue weighted by Gasteiger charge is 2.41. The summed E-state index contributed by atoms with van der Waals surface area (Å²) in [6.07, 6.45) is 6.55. The zero-order valence-electron chi connectivity index (χ0n) is 13.9. The van der Waals surface area contributed by atoms with Gasteiger partial charge in [0.1, 0.15) is 11.7 Å². The van der Waals surface area contributed by atoms with Gasteiger partial charge in [-0.15, -0.1) is 0 Å². The Morgan fingerprint density at radius 2 is 2.33 bits per heavy atom. The predicted molar refractivity (Wildman–Crippen MR) is 92.4 cm³/mol. The molecule has 3 rings (SSSR count). The topological polar surface area (TPSA) is 71.2 Å². The third-order valence-corrected chi connectivity index (χ3v) is 4.79. The van der Waals surface area contributed by atoms with Gasteiger partial charge in [0.05, 0.1) is 4.92 Å². The lowest BCUT2D eigenvalue weighted by molar-refractivity contribution is -0.433. The number of hydrogen-bond donors (Lipinski definition) is 0. The Morgan fingerprint density at radius 1 is 1.50 bits per heavy atom. The Kier molecular flexibility index (Phi) is 5.40. The quantitative estimate of drug-likeness (QED) is 0.317. The van der Waals surface area contributed by atoms with Crippen LogP contribution in [0.25, 0.3) is 0 Å². The number of ether oxygens (including phenoxy) is 1. The SMILES string of the molecule is CCCOC1CCC([N+](=O)[O-])=C2N(CC3=CCC(Cl)N=C3)CCN21. The summed E-state index contributed by atoms with van der Waals surface area (Å²) in [5, 5.41) is 11.5. The summed E-state index contributed by atoms with van der Waals surface area (Å²) >= 11 is 5.96. The van der Waals surface area contributed by atoms with Gasteiger partial charge in [-0.1, -0.05) is 24.6 Å². The minimum atomic E-state index is -0.241. The van der Waals surface area contributed by atoms with Crippen LogP contribution in [0.4, 0.5) is 0 Å². The molecule has 0 aromatic rings. The van der Waals surface area contributed by atoms with Gasteiger partial charge in [-0.2, -0.15) is 0 Å². The maximum atomic E-state index is 11.5. The Hall–Kier alpha value is -1.60. The fourth-order valence-corrected chi connectivity index (χ4v) is 3.54. The molecule has 0 spiro atoms. The number of nitro groups is 1. The van der Waals surface area contributed by atoms with E-state index < -0.39 is 0 Å². The Bertz CT molecular complexity index is 590. The zero-order valence-corrected chi connectivity index (χ0v) is 14.6. The van der Waals surface area contributed by atoms with Gasteiger partial charge in [-0.3, -0.25) is 15.1 Å². The van der Waals surface area contributed by atoms with Gasteiger partial charge in [0, 0.05) is 51.7 Å². The smallest absolute Gasteiger partial charge is 0.286 e. The molecule has 0 bridgehead atoms. The van der Waals surface area contributed by atoms with Crippen molar-refractivity contribution >= 4 is 17.8 Å². The van der Waals surface area contributed by atoms with Crippen molar-refractivity contribution in [2.45, 2.75) is 44.3 Å². The number of rotatable bonds is 6. The minimum absolute atomic E-state index is 0.0603. The maximum Gasteiger partial charge on any atom is 0.286 e. The number of halogens is 1. The average molecular weight is 355 g/mol. The summed E-state index contributed by atoms with van der Waals surface area (Å²) in [5.41, 5.74) is 1.16. The van der Waals surface area contributed by atoms with E-state index in [0.29, 0.717) is 38.1 Å². The van der Waals surface area contributed by atoms with E-state index in [-0.39, 0.29) is 16.7 Å². The lowest BCUT2D eigenvalue weighted by atomic mass is 10.1. The molecular formula is C16H23ClN4O3. The fraction of sp³-hybridized carbons (Fsp3) is 0.688. The predicted octanol–water partition coefficient (Wildman–Crippen LogP) is 2.56. The average Bonchev–Trinajstić information content (AvgIpc) is 2.98. The Labute approximate surface area is 146 Å². The second-order valence-corrected chi connectivity index (χ2v) is 6.74. The van der Waals surface area contributed by atoms with E-state index >= 15 is 0 Å². The number of allylic oxidation sites excluding steroid dienone is 1. The fourth-order valence-electron chi connectivity index (χ4n) is 3.40. The van der Waals surface area contributed by atoms with Crippen molar-refractivity contribution in [1.29, 1.82) is 0 Å². The molecule has 0 radical (unpaired) electrons.